The molecule has 1 aromatic carbocycles. The van der Waals surface area contributed by atoms with E-state index in [2.05, 4.69) is 20.8 Å². The lowest BCUT2D eigenvalue weighted by Gasteiger charge is -2.20. The molecular formula is C17H20N4O4. The first-order valence-corrected chi connectivity index (χ1v) is 7.64. The number of rotatable bonds is 4. The average Bonchev–Trinajstić information content (AvgIpc) is 3.01. The van der Waals surface area contributed by atoms with Crippen LogP contribution in [0.15, 0.2) is 36.4 Å². The van der Waals surface area contributed by atoms with Gasteiger partial charge in [-0.3, -0.25) is 15.2 Å². The lowest BCUT2D eigenvalue weighted by molar-refractivity contribution is -0.123. The van der Waals surface area contributed by atoms with E-state index in [0.29, 0.717) is 5.69 Å². The fraction of sp³-hybridized carbons (Fsp3) is 0.294. The number of ether oxygens (including phenoxy) is 1. The summed E-state index contributed by atoms with van der Waals surface area (Å²) in [7, 11) is 0. The smallest absolute Gasteiger partial charge is 0.356 e. The Hall–Kier alpha value is -3.16. The molecule has 0 aliphatic rings. The number of aromatic nitrogens is 2. The molecule has 1 heterocycles. The third-order valence-corrected chi connectivity index (χ3v) is 2.94. The summed E-state index contributed by atoms with van der Waals surface area (Å²) in [4.78, 5) is 35.1. The van der Waals surface area contributed by atoms with Crippen molar-refractivity contribution >= 4 is 17.9 Å². The molecule has 2 aromatic rings. The van der Waals surface area contributed by atoms with E-state index in [1.54, 1.807) is 20.8 Å². The van der Waals surface area contributed by atoms with Gasteiger partial charge in [-0.25, -0.2) is 9.59 Å². The van der Waals surface area contributed by atoms with Crippen molar-refractivity contribution < 1.29 is 19.1 Å². The van der Waals surface area contributed by atoms with Crippen molar-refractivity contribution in [1.29, 1.82) is 0 Å². The number of benzene rings is 1. The Kier molecular flexibility index (Phi) is 5.53. The zero-order valence-corrected chi connectivity index (χ0v) is 14.3. The number of hydrogen-bond donors (Lipinski definition) is 3. The Labute approximate surface area is 145 Å². The summed E-state index contributed by atoms with van der Waals surface area (Å²) in [5.74, 6) is -1.46. The summed E-state index contributed by atoms with van der Waals surface area (Å²) in [5.41, 5.74) is 1.06. The third-order valence-electron chi connectivity index (χ3n) is 2.94. The molecule has 0 atom stereocenters. The quantitative estimate of drug-likeness (QED) is 0.733. The predicted octanol–water partition coefficient (Wildman–Crippen LogP) is 1.86. The maximum Gasteiger partial charge on any atom is 0.356 e. The molecule has 0 fully saturated rings. The molecule has 0 bridgehead atoms. The molecule has 2 rings (SSSR count). The number of amides is 3. The number of hydrogen-bond acceptors (Lipinski definition) is 5. The fourth-order valence-electron chi connectivity index (χ4n) is 1.93. The first-order valence-electron chi connectivity index (χ1n) is 7.64. The average molecular weight is 344 g/mol. The summed E-state index contributed by atoms with van der Waals surface area (Å²) in [6.07, 6.45) is 0. The van der Waals surface area contributed by atoms with Crippen LogP contribution < -0.4 is 10.6 Å². The van der Waals surface area contributed by atoms with Crippen LogP contribution >= 0.6 is 0 Å². The highest BCUT2D eigenvalue weighted by Crippen LogP contribution is 2.17. The highest BCUT2D eigenvalue weighted by atomic mass is 16.5. The largest absolute Gasteiger partial charge is 0.451 e. The van der Waals surface area contributed by atoms with Crippen LogP contribution in [0.1, 0.15) is 31.3 Å². The van der Waals surface area contributed by atoms with E-state index in [1.165, 1.54) is 6.07 Å². The van der Waals surface area contributed by atoms with Crippen molar-refractivity contribution in [2.75, 3.05) is 6.61 Å². The molecule has 0 unspecified atom stereocenters. The number of urea groups is 1. The molecule has 0 spiro atoms. The van der Waals surface area contributed by atoms with Crippen LogP contribution in [0.25, 0.3) is 11.3 Å². The van der Waals surface area contributed by atoms with Gasteiger partial charge in [0.05, 0.1) is 5.69 Å². The second kappa shape index (κ2) is 7.61. The van der Waals surface area contributed by atoms with Crippen LogP contribution in [0, 0.1) is 0 Å². The van der Waals surface area contributed by atoms with Crippen LogP contribution in [-0.4, -0.2) is 40.3 Å². The summed E-state index contributed by atoms with van der Waals surface area (Å²) in [6, 6.07) is 10.2. The van der Waals surface area contributed by atoms with Gasteiger partial charge >= 0.3 is 12.0 Å². The third kappa shape index (κ3) is 5.76. The molecule has 8 heteroatoms. The van der Waals surface area contributed by atoms with Crippen LogP contribution in [0.4, 0.5) is 4.79 Å². The zero-order valence-electron chi connectivity index (χ0n) is 14.3. The van der Waals surface area contributed by atoms with Gasteiger partial charge < -0.3 is 10.1 Å². The van der Waals surface area contributed by atoms with E-state index in [0.717, 1.165) is 5.56 Å². The van der Waals surface area contributed by atoms with Gasteiger partial charge in [-0.05, 0) is 26.8 Å². The summed E-state index contributed by atoms with van der Waals surface area (Å²) in [5, 5.41) is 11.2. The minimum Gasteiger partial charge on any atom is -0.451 e. The molecule has 132 valence electrons. The van der Waals surface area contributed by atoms with Crippen LogP contribution in [0.2, 0.25) is 0 Å². The molecule has 0 saturated carbocycles. The second-order valence-corrected chi connectivity index (χ2v) is 6.36. The van der Waals surface area contributed by atoms with Crippen molar-refractivity contribution in [3.8, 4) is 11.3 Å². The molecule has 8 nitrogen and oxygen atoms in total. The molecule has 3 N–H and O–H groups in total. The van der Waals surface area contributed by atoms with Gasteiger partial charge in [0.15, 0.2) is 6.61 Å². The van der Waals surface area contributed by atoms with Crippen LogP contribution in [-0.2, 0) is 9.53 Å². The standard InChI is InChI=1S/C17H20N4O4/c1-17(2,3)19-16(24)18-14(22)10-25-15(23)13-9-12(20-21-13)11-7-5-4-6-8-11/h4-9H,10H2,1-3H3,(H,20,21)(H2,18,19,22,24). The number of imide groups is 1. The number of carbonyl (C=O) groups excluding carboxylic acids is 3. The predicted molar refractivity (Wildman–Crippen MR) is 90.7 cm³/mol. The van der Waals surface area contributed by atoms with Gasteiger partial charge in [0.25, 0.3) is 5.91 Å². The molecule has 0 aliphatic heterocycles. The highest BCUT2D eigenvalue weighted by molar-refractivity contribution is 5.97. The van der Waals surface area contributed by atoms with Gasteiger partial charge in [-0.1, -0.05) is 30.3 Å². The second-order valence-electron chi connectivity index (χ2n) is 6.36. The summed E-state index contributed by atoms with van der Waals surface area (Å²) >= 11 is 0. The molecule has 0 aliphatic carbocycles. The topological polar surface area (TPSA) is 113 Å². The van der Waals surface area contributed by atoms with Gasteiger partial charge in [-0.2, -0.15) is 5.10 Å². The molecule has 3 amide bonds. The van der Waals surface area contributed by atoms with Gasteiger partial charge in [0, 0.05) is 11.1 Å². The zero-order chi connectivity index (χ0) is 18.4. The lowest BCUT2D eigenvalue weighted by atomic mass is 10.1. The fourth-order valence-corrected chi connectivity index (χ4v) is 1.93. The molecule has 25 heavy (non-hydrogen) atoms. The lowest BCUT2D eigenvalue weighted by Crippen LogP contribution is -2.49. The normalized spacial score (nSPS) is 10.8. The Balaban J connectivity index is 1.85. The van der Waals surface area contributed by atoms with Crippen molar-refractivity contribution in [3.63, 3.8) is 0 Å². The SMILES string of the molecule is CC(C)(C)NC(=O)NC(=O)COC(=O)c1cc(-c2ccccc2)n[nH]1. The summed E-state index contributed by atoms with van der Waals surface area (Å²) in [6.45, 7) is 4.76. The molecular weight excluding hydrogens is 324 g/mol. The van der Waals surface area contributed by atoms with Gasteiger partial charge in [-0.15, -0.1) is 0 Å². The van der Waals surface area contributed by atoms with Crippen molar-refractivity contribution in [1.82, 2.24) is 20.8 Å². The van der Waals surface area contributed by atoms with E-state index >= 15 is 0 Å². The van der Waals surface area contributed by atoms with E-state index in [4.69, 9.17) is 4.74 Å². The number of carbonyl (C=O) groups is 3. The van der Waals surface area contributed by atoms with Crippen LogP contribution in [0.5, 0.6) is 0 Å². The van der Waals surface area contributed by atoms with E-state index in [-0.39, 0.29) is 5.69 Å². The number of aromatic amines is 1. The number of esters is 1. The highest BCUT2D eigenvalue weighted by Gasteiger charge is 2.18. The first kappa shape index (κ1) is 18.2. The Morgan fingerprint density at radius 3 is 2.48 bits per heavy atom. The van der Waals surface area contributed by atoms with E-state index in [1.807, 2.05) is 30.3 Å². The minimum atomic E-state index is -0.735. The van der Waals surface area contributed by atoms with Crippen molar-refractivity contribution in [2.45, 2.75) is 26.3 Å². The minimum absolute atomic E-state index is 0.116. The van der Waals surface area contributed by atoms with Crippen molar-refractivity contribution in [3.05, 3.63) is 42.1 Å². The Morgan fingerprint density at radius 2 is 1.84 bits per heavy atom. The van der Waals surface area contributed by atoms with Crippen LogP contribution in [0.3, 0.4) is 0 Å². The first-order chi connectivity index (χ1) is 11.7. The monoisotopic (exact) mass is 344 g/mol. The maximum atomic E-state index is 11.9. The molecule has 0 radical (unpaired) electrons. The Bertz CT molecular complexity index is 762. The molecule has 1 aromatic heterocycles. The van der Waals surface area contributed by atoms with Gasteiger partial charge in [0.1, 0.15) is 5.69 Å². The van der Waals surface area contributed by atoms with E-state index < -0.39 is 30.1 Å². The summed E-state index contributed by atoms with van der Waals surface area (Å²) < 4.78 is 4.87. The maximum absolute atomic E-state index is 11.9. The Morgan fingerprint density at radius 1 is 1.16 bits per heavy atom. The van der Waals surface area contributed by atoms with Gasteiger partial charge in [0.2, 0.25) is 0 Å². The van der Waals surface area contributed by atoms with E-state index in [9.17, 15) is 14.4 Å². The number of nitrogens with zero attached hydrogens (tertiary/aromatic N) is 1. The molecule has 0 saturated heterocycles. The number of nitrogens with one attached hydrogen (secondary N) is 3. The number of H-pyrrole nitrogens is 1. The van der Waals surface area contributed by atoms with Crippen molar-refractivity contribution in [2.24, 2.45) is 0 Å².